The van der Waals surface area contributed by atoms with Crippen LogP contribution in [0, 0.1) is 0 Å². The number of benzene rings is 2. The van der Waals surface area contributed by atoms with Gasteiger partial charge >= 0.3 is 5.69 Å². The van der Waals surface area contributed by atoms with Crippen LogP contribution in [0.15, 0.2) is 76.0 Å². The van der Waals surface area contributed by atoms with E-state index in [1.54, 1.807) is 29.8 Å². The number of thiazole rings is 1. The number of pyridine rings is 1. The maximum Gasteiger partial charge on any atom is 0.336 e. The number of imidazole rings is 1. The highest BCUT2D eigenvalue weighted by Crippen LogP contribution is 2.46. The Kier molecular flexibility index (Phi) is 5.58. The fraction of sp³-hybridized carbons (Fsp3) is 0.179. The van der Waals surface area contributed by atoms with E-state index in [1.165, 1.54) is 26.7 Å². The molecule has 10 nitrogen and oxygen atoms in total. The lowest BCUT2D eigenvalue weighted by molar-refractivity contribution is -0.120. The van der Waals surface area contributed by atoms with Crippen molar-refractivity contribution in [3.05, 3.63) is 93.3 Å². The summed E-state index contributed by atoms with van der Waals surface area (Å²) in [4.78, 5) is 48.3. The van der Waals surface area contributed by atoms with Crippen LogP contribution in [0.3, 0.4) is 0 Å². The van der Waals surface area contributed by atoms with Crippen molar-refractivity contribution in [1.82, 2.24) is 19.1 Å². The average Bonchev–Trinajstić information content (AvgIpc) is 3.69. The van der Waals surface area contributed by atoms with Crippen molar-refractivity contribution in [2.24, 2.45) is 0 Å². The largest absolute Gasteiger partial charge is 0.336 e. The summed E-state index contributed by atoms with van der Waals surface area (Å²) in [6.45, 7) is -0.202. The average molecular weight is 571 g/mol. The molecule has 3 aromatic heterocycles. The lowest BCUT2D eigenvalue weighted by Crippen LogP contribution is -2.35. The van der Waals surface area contributed by atoms with Crippen LogP contribution >= 0.6 is 11.3 Å². The van der Waals surface area contributed by atoms with E-state index in [4.69, 9.17) is 0 Å². The van der Waals surface area contributed by atoms with E-state index >= 15 is 0 Å². The lowest BCUT2D eigenvalue weighted by Gasteiger charge is -2.20. The number of nitrogens with zero attached hydrogens (tertiary/aromatic N) is 4. The third kappa shape index (κ3) is 3.74. The summed E-state index contributed by atoms with van der Waals surface area (Å²) in [7, 11) is -1.28. The van der Waals surface area contributed by atoms with Crippen LogP contribution in [0.4, 0.5) is 11.5 Å². The summed E-state index contributed by atoms with van der Waals surface area (Å²) in [6.07, 6.45) is 4.28. The van der Waals surface area contributed by atoms with Crippen LogP contribution < -0.4 is 16.3 Å². The number of hydrogen-bond acceptors (Lipinski definition) is 7. The highest BCUT2D eigenvalue weighted by Gasteiger charge is 2.51. The third-order valence-electron chi connectivity index (χ3n) is 7.56. The monoisotopic (exact) mass is 570 g/mol. The SMILES string of the molecule is CS(=O)c1csc(-n2c(=O)n(CC(=O)Nc3ccc4c(c3)CC3(C4)C(=O)Nc4ncccc43)c3ccccc32)n1. The molecule has 2 aliphatic rings. The summed E-state index contributed by atoms with van der Waals surface area (Å²) in [5, 5.41) is 8.28. The van der Waals surface area contributed by atoms with Crippen molar-refractivity contribution in [1.29, 1.82) is 0 Å². The Morgan fingerprint density at radius 3 is 2.70 bits per heavy atom. The Bertz CT molecular complexity index is 1960. The van der Waals surface area contributed by atoms with Crippen LogP contribution in [-0.2, 0) is 45.2 Å². The van der Waals surface area contributed by atoms with Gasteiger partial charge in [-0.25, -0.2) is 19.3 Å². The first-order chi connectivity index (χ1) is 19.3. The summed E-state index contributed by atoms with van der Waals surface area (Å²) in [5.74, 6) is 0.187. The molecular formula is C28H22N6O4S2. The fourth-order valence-electron chi connectivity index (χ4n) is 5.72. The molecule has 2 atom stereocenters. The Morgan fingerprint density at radius 1 is 1.10 bits per heavy atom. The normalized spacial score (nSPS) is 18.1. The Hall–Kier alpha value is -4.42. The zero-order valence-electron chi connectivity index (χ0n) is 21.2. The molecule has 2 N–H and O–H groups in total. The number of para-hydroxylation sites is 2. The van der Waals surface area contributed by atoms with Crippen LogP contribution in [0.5, 0.6) is 0 Å². The van der Waals surface area contributed by atoms with Gasteiger partial charge in [-0.3, -0.25) is 18.4 Å². The zero-order chi connectivity index (χ0) is 27.6. The van der Waals surface area contributed by atoms with Gasteiger partial charge in [-0.2, -0.15) is 0 Å². The first kappa shape index (κ1) is 24.6. The molecule has 2 aromatic carbocycles. The molecule has 1 aliphatic carbocycles. The van der Waals surface area contributed by atoms with Crippen molar-refractivity contribution in [2.45, 2.75) is 29.8 Å². The summed E-state index contributed by atoms with van der Waals surface area (Å²) >= 11 is 1.22. The van der Waals surface area contributed by atoms with E-state index in [-0.39, 0.29) is 18.4 Å². The number of amides is 2. The molecule has 12 heteroatoms. The van der Waals surface area contributed by atoms with Gasteiger partial charge in [0.1, 0.15) is 17.4 Å². The number of hydrogen-bond donors (Lipinski definition) is 2. The minimum atomic E-state index is -1.28. The Balaban J connectivity index is 1.16. The maximum absolute atomic E-state index is 13.5. The molecule has 2 amide bonds. The molecule has 1 spiro atoms. The second kappa shape index (κ2) is 9.07. The van der Waals surface area contributed by atoms with E-state index in [1.807, 2.05) is 36.4 Å². The standard InChI is InChI=1S/C28H22N6O4S2/c1-40(38)23-15-39-26(31-23)34-21-7-3-2-6-20(21)33(27(34)37)14-22(35)30-18-9-8-16-12-28(13-17(16)11-18)19-5-4-10-29-24(19)32-25(28)36/h2-11,15H,12-14H2,1H3,(H,30,35)(H,29,32,36). The van der Waals surface area contributed by atoms with Crippen LogP contribution in [-0.4, -0.2) is 41.4 Å². The van der Waals surface area contributed by atoms with Gasteiger partial charge in [-0.1, -0.05) is 24.3 Å². The van der Waals surface area contributed by atoms with Gasteiger partial charge in [0.15, 0.2) is 5.13 Å². The minimum Gasteiger partial charge on any atom is -0.325 e. The minimum absolute atomic E-state index is 0.0590. The second-order valence-corrected chi connectivity index (χ2v) is 12.1. The number of anilines is 2. The quantitative estimate of drug-likeness (QED) is 0.334. The number of rotatable bonds is 5. The van der Waals surface area contributed by atoms with Crippen molar-refractivity contribution >= 4 is 56.5 Å². The van der Waals surface area contributed by atoms with Crippen LogP contribution in [0.1, 0.15) is 16.7 Å². The zero-order valence-corrected chi connectivity index (χ0v) is 22.8. The molecular weight excluding hydrogens is 548 g/mol. The van der Waals surface area contributed by atoms with E-state index in [9.17, 15) is 18.6 Å². The Labute approximate surface area is 234 Å². The van der Waals surface area contributed by atoms with Gasteiger partial charge in [0.25, 0.3) is 0 Å². The van der Waals surface area contributed by atoms with Gasteiger partial charge in [0.2, 0.25) is 11.8 Å². The number of fused-ring (bicyclic) bond motifs is 4. The van der Waals surface area contributed by atoms with Crippen LogP contribution in [0.25, 0.3) is 16.2 Å². The summed E-state index contributed by atoms with van der Waals surface area (Å²) < 4.78 is 14.7. The number of carbonyl (C=O) groups is 2. The van der Waals surface area contributed by atoms with E-state index in [2.05, 4.69) is 20.6 Å². The molecule has 0 saturated heterocycles. The summed E-state index contributed by atoms with van der Waals surface area (Å²) in [5.41, 5.74) is 3.64. The molecule has 1 aliphatic heterocycles. The van der Waals surface area contributed by atoms with Crippen molar-refractivity contribution in [3.8, 4) is 5.13 Å². The van der Waals surface area contributed by atoms with Crippen LogP contribution in [0.2, 0.25) is 0 Å². The predicted octanol–water partition coefficient (Wildman–Crippen LogP) is 3.01. The van der Waals surface area contributed by atoms with Gasteiger partial charge in [0.05, 0.1) is 27.2 Å². The molecule has 2 unspecified atom stereocenters. The van der Waals surface area contributed by atoms with Gasteiger partial charge < -0.3 is 10.6 Å². The molecule has 0 fully saturated rings. The number of carbonyl (C=O) groups excluding carboxylic acids is 2. The molecule has 0 bridgehead atoms. The Morgan fingerprint density at radius 2 is 1.90 bits per heavy atom. The number of nitrogens with one attached hydrogen (secondary N) is 2. The maximum atomic E-state index is 13.5. The van der Waals surface area contributed by atoms with Gasteiger partial charge in [-0.05, 0) is 54.3 Å². The highest BCUT2D eigenvalue weighted by atomic mass is 32.2. The molecule has 5 aromatic rings. The number of aromatic nitrogens is 4. The third-order valence-corrected chi connectivity index (χ3v) is 9.33. The highest BCUT2D eigenvalue weighted by molar-refractivity contribution is 7.84. The van der Waals surface area contributed by atoms with E-state index in [0.717, 1.165) is 16.7 Å². The van der Waals surface area contributed by atoms with Gasteiger partial charge in [0, 0.05) is 29.1 Å². The first-order valence-corrected chi connectivity index (χ1v) is 15.0. The second-order valence-electron chi connectivity index (χ2n) is 9.94. The lowest BCUT2D eigenvalue weighted by atomic mass is 9.79. The fourth-order valence-corrected chi connectivity index (χ4v) is 7.37. The van der Waals surface area contributed by atoms with Crippen molar-refractivity contribution < 1.29 is 13.8 Å². The molecule has 7 rings (SSSR count). The van der Waals surface area contributed by atoms with E-state index < -0.39 is 21.9 Å². The predicted molar refractivity (Wildman–Crippen MR) is 153 cm³/mol. The van der Waals surface area contributed by atoms with Crippen molar-refractivity contribution in [2.75, 3.05) is 16.9 Å². The molecule has 0 saturated carbocycles. The molecule has 4 heterocycles. The summed E-state index contributed by atoms with van der Waals surface area (Å²) in [6, 6.07) is 16.6. The first-order valence-electron chi connectivity index (χ1n) is 12.5. The van der Waals surface area contributed by atoms with Gasteiger partial charge in [-0.15, -0.1) is 11.3 Å². The smallest absolute Gasteiger partial charge is 0.325 e. The van der Waals surface area contributed by atoms with Crippen molar-refractivity contribution in [3.63, 3.8) is 0 Å². The topological polar surface area (TPSA) is 128 Å². The molecule has 200 valence electrons. The molecule has 0 radical (unpaired) electrons. The molecule has 40 heavy (non-hydrogen) atoms. The van der Waals surface area contributed by atoms with E-state index in [0.29, 0.717) is 45.5 Å².